The molecule has 0 saturated heterocycles. The number of carboxylic acids is 1. The lowest BCUT2D eigenvalue weighted by Crippen LogP contribution is -2.49. The molecule has 7 nitrogen and oxygen atoms in total. The molecule has 2 aromatic rings. The highest BCUT2D eigenvalue weighted by Gasteiger charge is 2.21. The molecule has 0 spiro atoms. The summed E-state index contributed by atoms with van der Waals surface area (Å²) in [5.41, 5.74) is 6.06. The van der Waals surface area contributed by atoms with E-state index in [-0.39, 0.29) is 0 Å². The zero-order chi connectivity index (χ0) is 17.7. The second-order valence-corrected chi connectivity index (χ2v) is 5.49. The van der Waals surface area contributed by atoms with Crippen molar-refractivity contribution in [2.24, 2.45) is 5.73 Å². The number of carbonyl (C=O) groups excluding carboxylic acids is 2. The van der Waals surface area contributed by atoms with Crippen LogP contribution in [0.3, 0.4) is 0 Å². The number of hydrogen-bond donors (Lipinski definition) is 4. The number of rotatable bonds is 6. The number of nitrogens with two attached hydrogens (primary N) is 1. The summed E-state index contributed by atoms with van der Waals surface area (Å²) in [6, 6.07) is 11.2. The van der Waals surface area contributed by atoms with Crippen LogP contribution in [0, 0.1) is 0 Å². The van der Waals surface area contributed by atoms with Gasteiger partial charge in [0, 0.05) is 5.69 Å². The molecule has 0 saturated carbocycles. The third-order valence-electron chi connectivity index (χ3n) is 3.50. The van der Waals surface area contributed by atoms with Crippen LogP contribution < -0.4 is 16.4 Å². The van der Waals surface area contributed by atoms with Crippen LogP contribution in [-0.4, -0.2) is 35.0 Å². The molecule has 2 amide bonds. The van der Waals surface area contributed by atoms with Crippen molar-refractivity contribution in [1.29, 1.82) is 0 Å². The molecule has 0 aromatic heterocycles. The first-order chi connectivity index (χ1) is 11.4. The predicted octanol–water partition coefficient (Wildman–Crippen LogP) is 1.09. The van der Waals surface area contributed by atoms with Crippen LogP contribution in [0.2, 0.25) is 0 Å². The van der Waals surface area contributed by atoms with E-state index in [9.17, 15) is 14.4 Å². The fraction of sp³-hybridized carbons (Fsp3) is 0.235. The summed E-state index contributed by atoms with van der Waals surface area (Å²) in [7, 11) is 0. The van der Waals surface area contributed by atoms with Gasteiger partial charge in [-0.15, -0.1) is 0 Å². The van der Waals surface area contributed by atoms with E-state index >= 15 is 0 Å². The van der Waals surface area contributed by atoms with Gasteiger partial charge in [0.05, 0.1) is 12.5 Å². The highest BCUT2D eigenvalue weighted by Crippen LogP contribution is 2.18. The highest BCUT2D eigenvalue weighted by molar-refractivity contribution is 5.99. The van der Waals surface area contributed by atoms with Gasteiger partial charge < -0.3 is 21.5 Å². The van der Waals surface area contributed by atoms with Crippen molar-refractivity contribution < 1.29 is 19.5 Å². The summed E-state index contributed by atoms with van der Waals surface area (Å²) in [5.74, 6) is -2.27. The van der Waals surface area contributed by atoms with Crippen LogP contribution in [0.5, 0.6) is 0 Å². The van der Waals surface area contributed by atoms with Crippen molar-refractivity contribution in [3.63, 3.8) is 0 Å². The maximum atomic E-state index is 12.1. The minimum Gasteiger partial charge on any atom is -0.481 e. The van der Waals surface area contributed by atoms with E-state index < -0.39 is 36.3 Å². The molecule has 0 aliphatic carbocycles. The Labute approximate surface area is 138 Å². The number of fused-ring (bicyclic) bond motifs is 1. The number of hydrogen-bond acceptors (Lipinski definition) is 4. The third-order valence-corrected chi connectivity index (χ3v) is 3.50. The lowest BCUT2D eigenvalue weighted by atomic mass is 10.1. The number of carboxylic acid groups (broad SMARTS) is 1. The van der Waals surface area contributed by atoms with Crippen molar-refractivity contribution in [2.45, 2.75) is 25.4 Å². The fourth-order valence-corrected chi connectivity index (χ4v) is 2.18. The van der Waals surface area contributed by atoms with E-state index in [4.69, 9.17) is 10.8 Å². The maximum absolute atomic E-state index is 12.1. The molecular formula is C17H19N3O4. The molecule has 0 aliphatic rings. The van der Waals surface area contributed by atoms with Crippen LogP contribution in [0.1, 0.15) is 13.3 Å². The molecule has 2 rings (SSSR count). The number of aliphatic carboxylic acids is 1. The number of carbonyl (C=O) groups is 3. The highest BCUT2D eigenvalue weighted by atomic mass is 16.4. The second kappa shape index (κ2) is 7.56. The molecule has 0 radical (unpaired) electrons. The molecule has 2 aromatic carbocycles. The quantitative estimate of drug-likeness (QED) is 0.632. The Bertz CT molecular complexity index is 775. The van der Waals surface area contributed by atoms with E-state index in [1.807, 2.05) is 36.4 Å². The summed E-state index contributed by atoms with van der Waals surface area (Å²) < 4.78 is 0. The van der Waals surface area contributed by atoms with Gasteiger partial charge in [-0.3, -0.25) is 14.4 Å². The molecule has 24 heavy (non-hydrogen) atoms. The van der Waals surface area contributed by atoms with Crippen molar-refractivity contribution >= 4 is 34.2 Å². The number of benzene rings is 2. The van der Waals surface area contributed by atoms with E-state index in [2.05, 4.69) is 10.6 Å². The molecule has 126 valence electrons. The molecule has 0 fully saturated rings. The molecule has 2 atom stereocenters. The van der Waals surface area contributed by atoms with E-state index in [0.29, 0.717) is 5.69 Å². The largest absolute Gasteiger partial charge is 0.481 e. The van der Waals surface area contributed by atoms with Crippen molar-refractivity contribution in [1.82, 2.24) is 5.32 Å². The number of nitrogens with one attached hydrogen (secondary N) is 2. The number of anilines is 1. The zero-order valence-electron chi connectivity index (χ0n) is 13.2. The summed E-state index contributed by atoms with van der Waals surface area (Å²) in [4.78, 5) is 34.4. The summed E-state index contributed by atoms with van der Waals surface area (Å²) in [5, 5.41) is 15.8. The van der Waals surface area contributed by atoms with E-state index in [1.54, 1.807) is 6.07 Å². The molecule has 5 N–H and O–H groups in total. The fourth-order valence-electron chi connectivity index (χ4n) is 2.18. The van der Waals surface area contributed by atoms with E-state index in [1.165, 1.54) is 6.92 Å². The van der Waals surface area contributed by atoms with Crippen molar-refractivity contribution in [3.8, 4) is 0 Å². The Hall–Kier alpha value is -2.93. The minimum absolute atomic E-state index is 0.416. The Kier molecular flexibility index (Phi) is 5.49. The van der Waals surface area contributed by atoms with Gasteiger partial charge in [-0.2, -0.15) is 0 Å². The van der Waals surface area contributed by atoms with Crippen LogP contribution in [-0.2, 0) is 14.4 Å². The van der Waals surface area contributed by atoms with Gasteiger partial charge in [0.1, 0.15) is 6.04 Å². The van der Waals surface area contributed by atoms with Crippen LogP contribution in [0.15, 0.2) is 42.5 Å². The first-order valence-electron chi connectivity index (χ1n) is 7.44. The predicted molar refractivity (Wildman–Crippen MR) is 90.4 cm³/mol. The van der Waals surface area contributed by atoms with Gasteiger partial charge in [0.2, 0.25) is 11.8 Å². The molecule has 0 aliphatic heterocycles. The minimum atomic E-state index is -1.20. The number of amides is 2. The van der Waals surface area contributed by atoms with Crippen molar-refractivity contribution in [3.05, 3.63) is 42.5 Å². The average molecular weight is 329 g/mol. The van der Waals surface area contributed by atoms with Gasteiger partial charge in [-0.25, -0.2) is 0 Å². The van der Waals surface area contributed by atoms with Gasteiger partial charge in [-0.1, -0.05) is 30.3 Å². The molecular weight excluding hydrogens is 310 g/mol. The third kappa shape index (κ3) is 4.53. The lowest BCUT2D eigenvalue weighted by molar-refractivity contribution is -0.139. The zero-order valence-corrected chi connectivity index (χ0v) is 13.2. The molecule has 2 unspecified atom stereocenters. The Morgan fingerprint density at radius 2 is 1.75 bits per heavy atom. The Morgan fingerprint density at radius 1 is 1.08 bits per heavy atom. The van der Waals surface area contributed by atoms with Crippen LogP contribution in [0.4, 0.5) is 5.69 Å². The normalized spacial score (nSPS) is 13.1. The second-order valence-electron chi connectivity index (χ2n) is 5.49. The van der Waals surface area contributed by atoms with Crippen LogP contribution in [0.25, 0.3) is 10.8 Å². The van der Waals surface area contributed by atoms with Crippen molar-refractivity contribution in [2.75, 3.05) is 5.32 Å². The summed E-state index contributed by atoms with van der Waals surface area (Å²) >= 11 is 0. The summed E-state index contributed by atoms with van der Waals surface area (Å²) in [6.07, 6.45) is -0.495. The SMILES string of the molecule is CC(NC(=O)C(N)CC(=O)O)C(=O)Nc1ccc2ccccc2c1. The summed E-state index contributed by atoms with van der Waals surface area (Å²) in [6.45, 7) is 1.50. The topological polar surface area (TPSA) is 122 Å². The smallest absolute Gasteiger partial charge is 0.305 e. The van der Waals surface area contributed by atoms with Gasteiger partial charge in [-0.05, 0) is 29.8 Å². The lowest BCUT2D eigenvalue weighted by Gasteiger charge is -2.16. The van der Waals surface area contributed by atoms with Gasteiger partial charge in [0.25, 0.3) is 0 Å². The molecule has 0 bridgehead atoms. The monoisotopic (exact) mass is 329 g/mol. The average Bonchev–Trinajstić information content (AvgIpc) is 2.53. The molecule has 7 heteroatoms. The van der Waals surface area contributed by atoms with Gasteiger partial charge >= 0.3 is 5.97 Å². The maximum Gasteiger partial charge on any atom is 0.305 e. The van der Waals surface area contributed by atoms with Gasteiger partial charge in [0.15, 0.2) is 0 Å². The van der Waals surface area contributed by atoms with Crippen LogP contribution >= 0.6 is 0 Å². The molecule has 0 heterocycles. The first-order valence-corrected chi connectivity index (χ1v) is 7.44. The standard InChI is InChI=1S/C17H19N3O4/c1-10(19-17(24)14(18)9-15(21)22)16(23)20-13-7-6-11-4-2-3-5-12(11)8-13/h2-8,10,14H,9,18H2,1H3,(H,19,24)(H,20,23)(H,21,22). The van der Waals surface area contributed by atoms with E-state index in [0.717, 1.165) is 10.8 Å². The Morgan fingerprint density at radius 3 is 2.42 bits per heavy atom. The first kappa shape index (κ1) is 17.4. The Balaban J connectivity index is 1.97.